The summed E-state index contributed by atoms with van der Waals surface area (Å²) in [6.45, 7) is 3.60. The second-order valence-electron chi connectivity index (χ2n) is 8.31. The number of hydrogen-bond acceptors (Lipinski definition) is 5. The Morgan fingerprint density at radius 2 is 1.09 bits per heavy atom. The summed E-state index contributed by atoms with van der Waals surface area (Å²) in [7, 11) is 1.60. The Labute approximate surface area is 203 Å². The van der Waals surface area contributed by atoms with Crippen molar-refractivity contribution in [1.82, 2.24) is 19.6 Å². The van der Waals surface area contributed by atoms with Gasteiger partial charge in [0.05, 0.1) is 29.9 Å². The molecule has 176 valence electrons. The molecule has 0 atom stereocenters. The first-order valence-electron chi connectivity index (χ1n) is 11.3. The van der Waals surface area contributed by atoms with E-state index in [9.17, 15) is 10.2 Å². The molecule has 0 saturated carbocycles. The molecule has 5 rings (SSSR count). The summed E-state index contributed by atoms with van der Waals surface area (Å²) in [6, 6.07) is 25.9. The summed E-state index contributed by atoms with van der Waals surface area (Å²) < 4.78 is 8.11. The summed E-state index contributed by atoms with van der Waals surface area (Å²) in [5.74, 6) is -0.483. The fraction of sp³-hybridized carbons (Fsp3) is 0.143. The van der Waals surface area contributed by atoms with Crippen LogP contribution in [0.25, 0.3) is 11.4 Å². The molecule has 35 heavy (non-hydrogen) atoms. The van der Waals surface area contributed by atoms with Gasteiger partial charge >= 0.3 is 0 Å². The van der Waals surface area contributed by atoms with Gasteiger partial charge in [-0.2, -0.15) is 10.2 Å². The molecule has 2 heterocycles. The fourth-order valence-electron chi connectivity index (χ4n) is 4.46. The SMILES string of the molecule is COc1ccc(C(c2c(C)nn(-c3ccccc3)c2[O-])c2c(C)nn(-c3ccccc3)c2[O-])cc1. The topological polar surface area (TPSA) is 91.0 Å². The van der Waals surface area contributed by atoms with Crippen LogP contribution in [-0.4, -0.2) is 26.7 Å². The zero-order chi connectivity index (χ0) is 24.5. The molecule has 0 amide bonds. The number of aromatic nitrogens is 4. The van der Waals surface area contributed by atoms with Crippen molar-refractivity contribution < 1.29 is 14.9 Å². The van der Waals surface area contributed by atoms with Gasteiger partial charge in [0.25, 0.3) is 0 Å². The van der Waals surface area contributed by atoms with Crippen LogP contribution in [0.15, 0.2) is 84.9 Å². The van der Waals surface area contributed by atoms with Gasteiger partial charge in [-0.05, 0) is 78.7 Å². The Kier molecular flexibility index (Phi) is 5.74. The second-order valence-corrected chi connectivity index (χ2v) is 8.31. The van der Waals surface area contributed by atoms with Crippen molar-refractivity contribution in [3.8, 4) is 28.9 Å². The van der Waals surface area contributed by atoms with Gasteiger partial charge in [0.1, 0.15) is 5.75 Å². The lowest BCUT2D eigenvalue weighted by molar-refractivity contribution is -0.280. The molecule has 0 saturated heterocycles. The van der Waals surface area contributed by atoms with Crippen molar-refractivity contribution in [1.29, 1.82) is 0 Å². The molecule has 0 fully saturated rings. The molecule has 0 N–H and O–H groups in total. The molecule has 0 aliphatic carbocycles. The van der Waals surface area contributed by atoms with Gasteiger partial charge in [-0.3, -0.25) is 0 Å². The number of nitrogens with zero attached hydrogens (tertiary/aromatic N) is 4. The van der Waals surface area contributed by atoms with Gasteiger partial charge in [0, 0.05) is 5.92 Å². The number of ether oxygens (including phenoxy) is 1. The maximum absolute atomic E-state index is 13.7. The van der Waals surface area contributed by atoms with Crippen LogP contribution in [0.3, 0.4) is 0 Å². The zero-order valence-corrected chi connectivity index (χ0v) is 19.7. The maximum Gasteiger partial charge on any atom is 0.118 e. The smallest absolute Gasteiger partial charge is 0.118 e. The molecule has 3 aromatic carbocycles. The number of methoxy groups -OCH3 is 1. The third-order valence-corrected chi connectivity index (χ3v) is 6.15. The van der Waals surface area contributed by atoms with Crippen molar-refractivity contribution in [2.75, 3.05) is 7.11 Å². The van der Waals surface area contributed by atoms with E-state index in [1.54, 1.807) is 21.0 Å². The summed E-state index contributed by atoms with van der Waals surface area (Å²) in [5, 5.41) is 36.6. The Morgan fingerprint density at radius 3 is 1.49 bits per heavy atom. The van der Waals surface area contributed by atoms with Crippen molar-refractivity contribution in [2.45, 2.75) is 19.8 Å². The Hall–Kier alpha value is -4.52. The van der Waals surface area contributed by atoms with E-state index in [1.807, 2.05) is 84.9 Å². The van der Waals surface area contributed by atoms with E-state index in [0.717, 1.165) is 5.56 Å². The normalized spacial score (nSPS) is 11.2. The molecule has 7 nitrogen and oxygen atoms in total. The van der Waals surface area contributed by atoms with Crippen LogP contribution in [0.1, 0.15) is 34.0 Å². The molecule has 0 radical (unpaired) electrons. The van der Waals surface area contributed by atoms with Gasteiger partial charge in [-0.25, -0.2) is 9.36 Å². The zero-order valence-electron chi connectivity index (χ0n) is 19.7. The van der Waals surface area contributed by atoms with Crippen LogP contribution in [-0.2, 0) is 0 Å². The minimum atomic E-state index is -0.643. The summed E-state index contributed by atoms with van der Waals surface area (Å²) in [6.07, 6.45) is 0. The van der Waals surface area contributed by atoms with Crippen LogP contribution in [0.5, 0.6) is 17.5 Å². The highest BCUT2D eigenvalue weighted by atomic mass is 16.5. The molecule has 0 bridgehead atoms. The first-order valence-corrected chi connectivity index (χ1v) is 11.3. The van der Waals surface area contributed by atoms with Gasteiger partial charge < -0.3 is 14.9 Å². The lowest BCUT2D eigenvalue weighted by atomic mass is 9.85. The number of para-hydroxylation sites is 2. The van der Waals surface area contributed by atoms with Crippen molar-refractivity contribution in [3.63, 3.8) is 0 Å². The van der Waals surface area contributed by atoms with Crippen LogP contribution < -0.4 is 14.9 Å². The number of aryl methyl sites for hydroxylation is 2. The minimum Gasteiger partial charge on any atom is -0.858 e. The van der Waals surface area contributed by atoms with E-state index in [-0.39, 0.29) is 11.8 Å². The first-order chi connectivity index (χ1) is 17.0. The molecule has 0 aliphatic rings. The summed E-state index contributed by atoms with van der Waals surface area (Å²) >= 11 is 0. The molecule has 7 heteroatoms. The Balaban J connectivity index is 1.74. The van der Waals surface area contributed by atoms with Crippen molar-refractivity contribution >= 4 is 0 Å². The van der Waals surface area contributed by atoms with Gasteiger partial charge in [-0.15, -0.1) is 0 Å². The Morgan fingerprint density at radius 1 is 0.657 bits per heavy atom. The fourth-order valence-corrected chi connectivity index (χ4v) is 4.46. The number of hydrogen-bond donors (Lipinski definition) is 0. The highest BCUT2D eigenvalue weighted by Gasteiger charge is 2.28. The second kappa shape index (κ2) is 9.02. The predicted octanol–water partition coefficient (Wildman–Crippen LogP) is 4.01. The third-order valence-electron chi connectivity index (χ3n) is 6.15. The quantitative estimate of drug-likeness (QED) is 0.379. The molecular weight excluding hydrogens is 440 g/mol. The van der Waals surface area contributed by atoms with Gasteiger partial charge in [0.15, 0.2) is 0 Å². The van der Waals surface area contributed by atoms with E-state index in [0.29, 0.717) is 39.6 Å². The summed E-state index contributed by atoms with van der Waals surface area (Å²) in [5.41, 5.74) is 4.14. The third kappa shape index (κ3) is 3.91. The highest BCUT2D eigenvalue weighted by Crippen LogP contribution is 2.43. The van der Waals surface area contributed by atoms with Gasteiger partial charge in [-0.1, -0.05) is 48.5 Å². The number of benzene rings is 3. The largest absolute Gasteiger partial charge is 0.858 e. The molecule has 2 aromatic heterocycles. The Bertz CT molecular complexity index is 1370. The summed E-state index contributed by atoms with van der Waals surface area (Å²) in [4.78, 5) is 0. The van der Waals surface area contributed by atoms with E-state index in [2.05, 4.69) is 10.2 Å². The van der Waals surface area contributed by atoms with Crippen LogP contribution >= 0.6 is 0 Å². The highest BCUT2D eigenvalue weighted by molar-refractivity contribution is 5.55. The average molecular weight is 465 g/mol. The first kappa shape index (κ1) is 22.3. The van der Waals surface area contributed by atoms with E-state index >= 15 is 0 Å². The van der Waals surface area contributed by atoms with E-state index in [4.69, 9.17) is 4.74 Å². The van der Waals surface area contributed by atoms with Crippen molar-refractivity contribution in [3.05, 3.63) is 113 Å². The van der Waals surface area contributed by atoms with Crippen LogP contribution in [0.2, 0.25) is 0 Å². The maximum atomic E-state index is 13.7. The lowest BCUT2D eigenvalue weighted by Gasteiger charge is -2.25. The molecule has 0 unspecified atom stereocenters. The van der Waals surface area contributed by atoms with Crippen molar-refractivity contribution in [2.24, 2.45) is 0 Å². The van der Waals surface area contributed by atoms with Gasteiger partial charge in [0.2, 0.25) is 0 Å². The number of rotatable bonds is 6. The van der Waals surface area contributed by atoms with Crippen LogP contribution in [0.4, 0.5) is 0 Å². The standard InChI is InChI=1S/C28H26N4O3/c1-18-24(27(33)31(29-18)21-10-6-4-7-11-21)26(20-14-16-23(35-3)17-15-20)25-19(2)30-32(28(25)34)22-12-8-5-9-13-22/h4-17,26,33-34H,1-3H3/p-2. The predicted molar refractivity (Wildman–Crippen MR) is 129 cm³/mol. The van der Waals surface area contributed by atoms with E-state index < -0.39 is 5.92 Å². The average Bonchev–Trinajstić information content (AvgIpc) is 3.36. The van der Waals surface area contributed by atoms with Crippen LogP contribution in [0, 0.1) is 13.8 Å². The molecule has 0 spiro atoms. The van der Waals surface area contributed by atoms with E-state index in [1.165, 1.54) is 9.36 Å². The molecular formula is C28H24N4O3-2. The molecule has 5 aromatic rings. The minimum absolute atomic E-state index is 0.263. The monoisotopic (exact) mass is 464 g/mol. The molecule has 0 aliphatic heterocycles. The lowest BCUT2D eigenvalue weighted by Crippen LogP contribution is -2.12.